The van der Waals surface area contributed by atoms with Gasteiger partial charge < -0.3 is 9.64 Å². The molecule has 0 radical (unpaired) electrons. The molecule has 1 saturated carbocycles. The third-order valence-electron chi connectivity index (χ3n) is 4.65. The highest BCUT2D eigenvalue weighted by atomic mass is 16.5. The zero-order valence-electron chi connectivity index (χ0n) is 14.3. The standard InChI is InChI=1S/C21H25NO2/c1-22(18-9-3-2-4-10-18)21(23)15-14-17-8-7-13-20(16-17)24-19-11-5-6-12-19/h2-4,7-10,13,16,19H,5-6,11-12,14-15H2,1H3. The summed E-state index contributed by atoms with van der Waals surface area (Å²) in [7, 11) is 1.83. The Balaban J connectivity index is 1.55. The predicted octanol–water partition coefficient (Wildman–Crippen LogP) is 4.60. The van der Waals surface area contributed by atoms with Crippen LogP contribution in [0.25, 0.3) is 0 Å². The number of anilines is 1. The Morgan fingerprint density at radius 3 is 2.58 bits per heavy atom. The average Bonchev–Trinajstić information content (AvgIpc) is 3.13. The number of ether oxygens (including phenoxy) is 1. The van der Waals surface area contributed by atoms with Crippen molar-refractivity contribution >= 4 is 11.6 Å². The maximum absolute atomic E-state index is 12.4. The molecule has 1 amide bonds. The molecule has 3 nitrogen and oxygen atoms in total. The van der Waals surface area contributed by atoms with Crippen LogP contribution in [0.15, 0.2) is 54.6 Å². The van der Waals surface area contributed by atoms with Gasteiger partial charge in [-0.05, 0) is 61.9 Å². The van der Waals surface area contributed by atoms with Gasteiger partial charge in [-0.1, -0.05) is 30.3 Å². The quantitative estimate of drug-likeness (QED) is 0.777. The molecular weight excluding hydrogens is 298 g/mol. The number of rotatable bonds is 6. The van der Waals surface area contributed by atoms with Gasteiger partial charge in [-0.15, -0.1) is 0 Å². The van der Waals surface area contributed by atoms with Gasteiger partial charge >= 0.3 is 0 Å². The summed E-state index contributed by atoms with van der Waals surface area (Å²) in [6.07, 6.45) is 6.45. The molecule has 1 fully saturated rings. The normalized spacial score (nSPS) is 14.5. The lowest BCUT2D eigenvalue weighted by atomic mass is 10.1. The molecule has 126 valence electrons. The van der Waals surface area contributed by atoms with E-state index in [1.165, 1.54) is 12.8 Å². The minimum atomic E-state index is 0.128. The number of hydrogen-bond acceptors (Lipinski definition) is 2. The second kappa shape index (κ2) is 8.00. The van der Waals surface area contributed by atoms with Crippen LogP contribution in [-0.2, 0) is 11.2 Å². The summed E-state index contributed by atoms with van der Waals surface area (Å²) < 4.78 is 6.04. The summed E-state index contributed by atoms with van der Waals surface area (Å²) in [6, 6.07) is 17.9. The van der Waals surface area contributed by atoms with Gasteiger partial charge in [0.1, 0.15) is 5.75 Å². The lowest BCUT2D eigenvalue weighted by Crippen LogP contribution is -2.26. The molecule has 1 aliphatic rings. The van der Waals surface area contributed by atoms with Gasteiger partial charge in [0.15, 0.2) is 0 Å². The smallest absolute Gasteiger partial charge is 0.227 e. The molecule has 0 saturated heterocycles. The number of para-hydroxylation sites is 1. The molecule has 1 aliphatic carbocycles. The molecule has 3 rings (SSSR count). The highest BCUT2D eigenvalue weighted by molar-refractivity contribution is 5.92. The zero-order chi connectivity index (χ0) is 16.8. The molecule has 0 atom stereocenters. The maximum atomic E-state index is 12.4. The van der Waals surface area contributed by atoms with Gasteiger partial charge in [0.05, 0.1) is 6.10 Å². The highest BCUT2D eigenvalue weighted by Crippen LogP contribution is 2.25. The van der Waals surface area contributed by atoms with Crippen LogP contribution in [0.5, 0.6) is 5.75 Å². The van der Waals surface area contributed by atoms with Crippen molar-refractivity contribution in [2.75, 3.05) is 11.9 Å². The molecule has 0 aromatic heterocycles. The molecule has 0 unspecified atom stereocenters. The minimum absolute atomic E-state index is 0.128. The molecule has 0 heterocycles. The monoisotopic (exact) mass is 323 g/mol. The van der Waals surface area contributed by atoms with Crippen molar-refractivity contribution in [2.24, 2.45) is 0 Å². The topological polar surface area (TPSA) is 29.5 Å². The summed E-state index contributed by atoms with van der Waals surface area (Å²) in [5, 5.41) is 0. The van der Waals surface area contributed by atoms with Gasteiger partial charge in [0, 0.05) is 19.2 Å². The van der Waals surface area contributed by atoms with E-state index in [-0.39, 0.29) is 5.91 Å². The maximum Gasteiger partial charge on any atom is 0.227 e. The molecule has 0 N–H and O–H groups in total. The van der Waals surface area contributed by atoms with Crippen molar-refractivity contribution in [3.05, 3.63) is 60.2 Å². The van der Waals surface area contributed by atoms with Crippen LogP contribution in [0.3, 0.4) is 0 Å². The predicted molar refractivity (Wildman–Crippen MR) is 97.5 cm³/mol. The lowest BCUT2D eigenvalue weighted by Gasteiger charge is -2.17. The summed E-state index contributed by atoms with van der Waals surface area (Å²) in [5.74, 6) is 1.06. The van der Waals surface area contributed by atoms with Crippen molar-refractivity contribution in [3.8, 4) is 5.75 Å². The second-order valence-corrected chi connectivity index (χ2v) is 6.46. The first-order valence-corrected chi connectivity index (χ1v) is 8.79. The second-order valence-electron chi connectivity index (χ2n) is 6.46. The fourth-order valence-corrected chi connectivity index (χ4v) is 3.19. The van der Waals surface area contributed by atoms with Crippen LogP contribution in [0.1, 0.15) is 37.7 Å². The van der Waals surface area contributed by atoms with Crippen LogP contribution in [-0.4, -0.2) is 19.1 Å². The fraction of sp³-hybridized carbons (Fsp3) is 0.381. The number of carbonyl (C=O) groups excluding carboxylic acids is 1. The Morgan fingerprint density at radius 2 is 1.83 bits per heavy atom. The Morgan fingerprint density at radius 1 is 1.08 bits per heavy atom. The molecule has 2 aromatic carbocycles. The number of nitrogens with zero attached hydrogens (tertiary/aromatic N) is 1. The van der Waals surface area contributed by atoms with E-state index in [0.29, 0.717) is 12.5 Å². The molecule has 0 bridgehead atoms. The van der Waals surface area contributed by atoms with E-state index in [1.807, 2.05) is 49.5 Å². The average molecular weight is 323 g/mol. The van der Waals surface area contributed by atoms with E-state index in [2.05, 4.69) is 12.1 Å². The third-order valence-corrected chi connectivity index (χ3v) is 4.65. The van der Waals surface area contributed by atoms with Gasteiger partial charge in [0.2, 0.25) is 5.91 Å². The first-order chi connectivity index (χ1) is 11.7. The van der Waals surface area contributed by atoms with Crippen molar-refractivity contribution < 1.29 is 9.53 Å². The van der Waals surface area contributed by atoms with E-state index in [4.69, 9.17) is 4.74 Å². The first kappa shape index (κ1) is 16.6. The van der Waals surface area contributed by atoms with Crippen LogP contribution in [0.2, 0.25) is 0 Å². The van der Waals surface area contributed by atoms with Crippen molar-refractivity contribution in [3.63, 3.8) is 0 Å². The number of hydrogen-bond donors (Lipinski definition) is 0. The van der Waals surface area contributed by atoms with E-state index < -0.39 is 0 Å². The number of carbonyl (C=O) groups is 1. The molecule has 0 aliphatic heterocycles. The number of benzene rings is 2. The van der Waals surface area contributed by atoms with Crippen molar-refractivity contribution in [1.29, 1.82) is 0 Å². The Labute approximate surface area is 144 Å². The third kappa shape index (κ3) is 4.38. The molecule has 3 heteroatoms. The summed E-state index contributed by atoms with van der Waals surface area (Å²) >= 11 is 0. The lowest BCUT2D eigenvalue weighted by molar-refractivity contribution is -0.118. The van der Waals surface area contributed by atoms with E-state index in [0.717, 1.165) is 36.3 Å². The van der Waals surface area contributed by atoms with Gasteiger partial charge in [0.25, 0.3) is 0 Å². The summed E-state index contributed by atoms with van der Waals surface area (Å²) in [4.78, 5) is 14.1. The van der Waals surface area contributed by atoms with Gasteiger partial charge in [-0.3, -0.25) is 4.79 Å². The van der Waals surface area contributed by atoms with Crippen LogP contribution >= 0.6 is 0 Å². The van der Waals surface area contributed by atoms with E-state index in [1.54, 1.807) is 4.90 Å². The van der Waals surface area contributed by atoms with Gasteiger partial charge in [-0.2, -0.15) is 0 Å². The molecular formula is C21H25NO2. The number of aryl methyl sites for hydroxylation is 1. The Kier molecular flexibility index (Phi) is 5.52. The van der Waals surface area contributed by atoms with Crippen LogP contribution < -0.4 is 9.64 Å². The van der Waals surface area contributed by atoms with E-state index in [9.17, 15) is 4.79 Å². The number of amides is 1. The van der Waals surface area contributed by atoms with Crippen LogP contribution in [0.4, 0.5) is 5.69 Å². The Bertz CT molecular complexity index is 663. The summed E-state index contributed by atoms with van der Waals surface area (Å²) in [5.41, 5.74) is 2.08. The first-order valence-electron chi connectivity index (χ1n) is 8.79. The molecule has 0 spiro atoms. The zero-order valence-corrected chi connectivity index (χ0v) is 14.3. The van der Waals surface area contributed by atoms with Crippen molar-refractivity contribution in [1.82, 2.24) is 0 Å². The van der Waals surface area contributed by atoms with Gasteiger partial charge in [-0.25, -0.2) is 0 Å². The highest BCUT2D eigenvalue weighted by Gasteiger charge is 2.16. The summed E-state index contributed by atoms with van der Waals surface area (Å²) in [6.45, 7) is 0. The van der Waals surface area contributed by atoms with Crippen LogP contribution in [0, 0.1) is 0 Å². The molecule has 2 aromatic rings. The molecule has 24 heavy (non-hydrogen) atoms. The van der Waals surface area contributed by atoms with E-state index >= 15 is 0 Å². The Hall–Kier alpha value is -2.29. The largest absolute Gasteiger partial charge is 0.490 e. The van der Waals surface area contributed by atoms with Crippen molar-refractivity contribution in [2.45, 2.75) is 44.6 Å². The fourth-order valence-electron chi connectivity index (χ4n) is 3.19. The SMILES string of the molecule is CN(C(=O)CCc1cccc(OC2CCCC2)c1)c1ccccc1. The minimum Gasteiger partial charge on any atom is -0.490 e.